The Balaban J connectivity index is 1.85. The summed E-state index contributed by atoms with van der Waals surface area (Å²) in [6, 6.07) is 15.6. The fraction of sp³-hybridized carbons (Fsp3) is 0.310. The minimum absolute atomic E-state index is 0.0121. The molecule has 1 aliphatic rings. The highest BCUT2D eigenvalue weighted by Crippen LogP contribution is 2.49. The van der Waals surface area contributed by atoms with Crippen LogP contribution in [0.1, 0.15) is 42.3 Å². The maximum atomic E-state index is 15.8. The van der Waals surface area contributed by atoms with Gasteiger partial charge in [0.2, 0.25) is 0 Å². The molecule has 0 fully saturated rings. The summed E-state index contributed by atoms with van der Waals surface area (Å²) in [5.74, 6) is -0.756. The second-order valence-electron chi connectivity index (χ2n) is 9.98. The molecule has 0 spiro atoms. The number of carbonyl (C=O) groups excluding carboxylic acids is 2. The number of nitrogens with one attached hydrogen (secondary N) is 2. The second-order valence-corrected chi connectivity index (χ2v) is 10.4. The predicted octanol–water partition coefficient (Wildman–Crippen LogP) is 5.87. The lowest BCUT2D eigenvalue weighted by Gasteiger charge is -2.30. The first kappa shape index (κ1) is 27.3. The van der Waals surface area contributed by atoms with Gasteiger partial charge in [-0.05, 0) is 50.6 Å². The molecule has 3 aromatic rings. The first-order valence-electron chi connectivity index (χ1n) is 12.1. The van der Waals surface area contributed by atoms with Gasteiger partial charge in [-0.2, -0.15) is 0 Å². The summed E-state index contributed by atoms with van der Waals surface area (Å²) in [5, 5.41) is 5.62. The van der Waals surface area contributed by atoms with E-state index in [0.717, 1.165) is 5.56 Å². The van der Waals surface area contributed by atoms with E-state index in [1.54, 1.807) is 32.9 Å². The lowest BCUT2D eigenvalue weighted by molar-refractivity contribution is 0.0415. The Morgan fingerprint density at radius 3 is 2.42 bits per heavy atom. The van der Waals surface area contributed by atoms with Crippen molar-refractivity contribution in [1.82, 2.24) is 10.6 Å². The van der Waals surface area contributed by atoms with E-state index in [9.17, 15) is 9.59 Å². The lowest BCUT2D eigenvalue weighted by Crippen LogP contribution is -2.45. The molecule has 200 valence electrons. The summed E-state index contributed by atoms with van der Waals surface area (Å²) in [6.07, 6.45) is -0.353. The molecule has 1 aliphatic heterocycles. The SMILES string of the molecule is CNC(=O)c1ccc(OC)c(F)c1-c1c(Cl)ccc2c1CC(CNC(=O)OC(C)(C)C)(c1ccccc1)O2. The van der Waals surface area contributed by atoms with E-state index < -0.39 is 29.0 Å². The Kier molecular flexibility index (Phi) is 7.56. The highest BCUT2D eigenvalue weighted by atomic mass is 35.5. The zero-order valence-corrected chi connectivity index (χ0v) is 22.7. The summed E-state index contributed by atoms with van der Waals surface area (Å²) in [4.78, 5) is 25.3. The number of methoxy groups -OCH3 is 1. The normalized spacial score (nSPS) is 16.3. The topological polar surface area (TPSA) is 85.9 Å². The molecule has 9 heteroatoms. The second kappa shape index (κ2) is 10.5. The Labute approximate surface area is 226 Å². The van der Waals surface area contributed by atoms with Gasteiger partial charge in [0.1, 0.15) is 11.4 Å². The van der Waals surface area contributed by atoms with Crippen molar-refractivity contribution in [3.05, 3.63) is 82.1 Å². The maximum absolute atomic E-state index is 15.8. The average Bonchev–Trinajstić information content (AvgIpc) is 3.27. The minimum atomic E-state index is -1.04. The summed E-state index contributed by atoms with van der Waals surface area (Å²) < 4.78 is 33.0. The number of amides is 2. The summed E-state index contributed by atoms with van der Waals surface area (Å²) >= 11 is 6.68. The summed E-state index contributed by atoms with van der Waals surface area (Å²) in [6.45, 7) is 5.41. The van der Waals surface area contributed by atoms with Gasteiger partial charge in [-0.25, -0.2) is 9.18 Å². The van der Waals surface area contributed by atoms with Gasteiger partial charge in [0.25, 0.3) is 5.91 Å². The summed E-state index contributed by atoms with van der Waals surface area (Å²) in [5.41, 5.74) is 0.126. The van der Waals surface area contributed by atoms with Crippen molar-refractivity contribution in [3.63, 3.8) is 0 Å². The molecule has 1 atom stereocenters. The van der Waals surface area contributed by atoms with Crippen LogP contribution in [0.15, 0.2) is 54.6 Å². The van der Waals surface area contributed by atoms with Gasteiger partial charge >= 0.3 is 6.09 Å². The van der Waals surface area contributed by atoms with Crippen LogP contribution in [0.4, 0.5) is 9.18 Å². The molecule has 0 aromatic heterocycles. The quantitative estimate of drug-likeness (QED) is 0.408. The van der Waals surface area contributed by atoms with Crippen molar-refractivity contribution in [2.45, 2.75) is 38.4 Å². The Bertz CT molecular complexity index is 1370. The van der Waals surface area contributed by atoms with Crippen LogP contribution in [-0.4, -0.2) is 38.3 Å². The molecule has 2 N–H and O–H groups in total. The van der Waals surface area contributed by atoms with Crippen LogP contribution in [0, 0.1) is 5.82 Å². The van der Waals surface area contributed by atoms with Crippen molar-refractivity contribution >= 4 is 23.6 Å². The average molecular weight is 541 g/mol. The molecule has 0 aliphatic carbocycles. The third kappa shape index (κ3) is 5.27. The van der Waals surface area contributed by atoms with Gasteiger partial charge in [0.05, 0.1) is 19.2 Å². The van der Waals surface area contributed by atoms with Crippen molar-refractivity contribution in [1.29, 1.82) is 0 Å². The van der Waals surface area contributed by atoms with E-state index in [2.05, 4.69) is 10.6 Å². The van der Waals surface area contributed by atoms with Crippen molar-refractivity contribution < 1.29 is 28.2 Å². The fourth-order valence-corrected chi connectivity index (χ4v) is 4.86. The number of hydrogen-bond donors (Lipinski definition) is 2. The number of halogens is 2. The zero-order valence-electron chi connectivity index (χ0n) is 21.9. The standard InChI is InChI=1S/C29H30ClFN2O5/c1-28(2,3)38-27(35)33-16-29(17-9-7-6-8-10-17)15-19-21(37-29)14-12-20(30)23(19)24-18(26(34)32-4)11-13-22(36-5)25(24)31/h6-14H,15-16H2,1-5H3,(H,32,34)(H,33,35). The molecule has 4 rings (SSSR count). The Hall–Kier alpha value is -3.78. The van der Waals surface area contributed by atoms with Gasteiger partial charge in [-0.1, -0.05) is 41.9 Å². The zero-order chi connectivity index (χ0) is 27.7. The molecule has 0 bridgehead atoms. The van der Waals surface area contributed by atoms with Gasteiger partial charge in [-0.15, -0.1) is 0 Å². The highest BCUT2D eigenvalue weighted by Gasteiger charge is 2.44. The molecule has 1 unspecified atom stereocenters. The Morgan fingerprint density at radius 2 is 1.79 bits per heavy atom. The molecule has 7 nitrogen and oxygen atoms in total. The third-order valence-electron chi connectivity index (χ3n) is 6.25. The van der Waals surface area contributed by atoms with E-state index in [1.165, 1.54) is 26.3 Å². The van der Waals surface area contributed by atoms with Gasteiger partial charge in [0.15, 0.2) is 17.2 Å². The van der Waals surface area contributed by atoms with Crippen LogP contribution in [0.2, 0.25) is 5.02 Å². The number of ether oxygens (including phenoxy) is 3. The molecule has 2 amide bonds. The molecule has 3 aromatic carbocycles. The molecule has 1 heterocycles. The number of alkyl carbamates (subject to hydrolysis) is 1. The number of fused-ring (bicyclic) bond motifs is 1. The lowest BCUT2D eigenvalue weighted by atomic mass is 9.85. The van der Waals surface area contributed by atoms with E-state index in [4.69, 9.17) is 25.8 Å². The maximum Gasteiger partial charge on any atom is 0.407 e. The molecule has 0 radical (unpaired) electrons. The smallest absolute Gasteiger partial charge is 0.407 e. The molecular weight excluding hydrogens is 511 g/mol. The molecular formula is C29H30ClFN2O5. The monoisotopic (exact) mass is 540 g/mol. The van der Waals surface area contributed by atoms with Crippen molar-refractivity contribution in [2.75, 3.05) is 20.7 Å². The van der Waals surface area contributed by atoms with Crippen LogP contribution in [0.5, 0.6) is 11.5 Å². The largest absolute Gasteiger partial charge is 0.494 e. The summed E-state index contributed by atoms with van der Waals surface area (Å²) in [7, 11) is 2.82. The highest BCUT2D eigenvalue weighted by molar-refractivity contribution is 6.34. The number of rotatable bonds is 6. The van der Waals surface area contributed by atoms with E-state index in [0.29, 0.717) is 16.9 Å². The third-order valence-corrected chi connectivity index (χ3v) is 6.57. The minimum Gasteiger partial charge on any atom is -0.494 e. The van der Waals surface area contributed by atoms with Crippen LogP contribution in [0.3, 0.4) is 0 Å². The molecule has 38 heavy (non-hydrogen) atoms. The van der Waals surface area contributed by atoms with Crippen LogP contribution in [-0.2, 0) is 16.8 Å². The van der Waals surface area contributed by atoms with Gasteiger partial charge < -0.3 is 24.8 Å². The van der Waals surface area contributed by atoms with E-state index >= 15 is 4.39 Å². The fourth-order valence-electron chi connectivity index (χ4n) is 4.59. The number of carbonyl (C=O) groups is 2. The van der Waals surface area contributed by atoms with Crippen LogP contribution >= 0.6 is 11.6 Å². The predicted molar refractivity (Wildman–Crippen MR) is 143 cm³/mol. The first-order valence-corrected chi connectivity index (χ1v) is 12.5. The molecule has 0 saturated carbocycles. The number of hydrogen-bond acceptors (Lipinski definition) is 5. The van der Waals surface area contributed by atoms with E-state index in [1.807, 2.05) is 30.3 Å². The van der Waals surface area contributed by atoms with Crippen molar-refractivity contribution in [2.24, 2.45) is 0 Å². The first-order chi connectivity index (χ1) is 18.0. The molecule has 0 saturated heterocycles. The van der Waals surface area contributed by atoms with Gasteiger partial charge in [-0.3, -0.25) is 4.79 Å². The number of benzene rings is 3. The van der Waals surface area contributed by atoms with Crippen LogP contribution < -0.4 is 20.1 Å². The van der Waals surface area contributed by atoms with Crippen molar-refractivity contribution in [3.8, 4) is 22.6 Å². The Morgan fingerprint density at radius 1 is 1.08 bits per heavy atom. The van der Waals surface area contributed by atoms with Gasteiger partial charge in [0, 0.05) is 35.2 Å². The van der Waals surface area contributed by atoms with E-state index in [-0.39, 0.29) is 34.9 Å². The van der Waals surface area contributed by atoms with Crippen LogP contribution in [0.25, 0.3) is 11.1 Å².